The molecule has 0 unspecified atom stereocenters. The third-order valence-electron chi connectivity index (χ3n) is 4.78. The van der Waals surface area contributed by atoms with Crippen LogP contribution in [0.3, 0.4) is 0 Å². The Hall–Kier alpha value is -1.41. The molecule has 2 fully saturated rings. The van der Waals surface area contributed by atoms with E-state index in [2.05, 4.69) is 5.32 Å². The Balaban J connectivity index is 1.77. The van der Waals surface area contributed by atoms with E-state index in [1.54, 1.807) is 0 Å². The third kappa shape index (κ3) is 3.35. The number of hydrogen-bond acceptors (Lipinski definition) is 4. The molecular formula is C16H23FN2O4S. The van der Waals surface area contributed by atoms with Crippen molar-refractivity contribution in [2.45, 2.75) is 62.6 Å². The van der Waals surface area contributed by atoms with Crippen LogP contribution in [0.15, 0.2) is 15.4 Å². The van der Waals surface area contributed by atoms with Gasteiger partial charge in [-0.3, -0.25) is 4.79 Å². The van der Waals surface area contributed by atoms with Crippen molar-refractivity contribution in [3.63, 3.8) is 0 Å². The molecule has 0 spiro atoms. The van der Waals surface area contributed by atoms with Gasteiger partial charge in [0.05, 0.1) is 6.04 Å². The molecule has 8 heteroatoms. The quantitative estimate of drug-likeness (QED) is 0.896. The van der Waals surface area contributed by atoms with E-state index >= 15 is 0 Å². The highest BCUT2D eigenvalue weighted by atomic mass is 32.2. The summed E-state index contributed by atoms with van der Waals surface area (Å²) in [4.78, 5) is 12.3. The number of amides is 1. The Bertz CT molecular complexity index is 710. The van der Waals surface area contributed by atoms with Crippen LogP contribution in [0.25, 0.3) is 0 Å². The summed E-state index contributed by atoms with van der Waals surface area (Å²) >= 11 is 0. The Labute approximate surface area is 141 Å². The van der Waals surface area contributed by atoms with Crippen LogP contribution >= 0.6 is 0 Å². The van der Waals surface area contributed by atoms with Gasteiger partial charge in [-0.15, -0.1) is 0 Å². The molecule has 24 heavy (non-hydrogen) atoms. The summed E-state index contributed by atoms with van der Waals surface area (Å²) in [6.45, 7) is 2.50. The molecule has 1 amide bonds. The zero-order valence-electron chi connectivity index (χ0n) is 13.8. The van der Waals surface area contributed by atoms with Gasteiger partial charge in [-0.25, -0.2) is 12.8 Å². The first-order valence-corrected chi connectivity index (χ1v) is 9.89. The van der Waals surface area contributed by atoms with E-state index in [1.165, 1.54) is 17.3 Å². The lowest BCUT2D eigenvalue weighted by molar-refractivity contribution is 0.0855. The van der Waals surface area contributed by atoms with E-state index in [0.29, 0.717) is 25.9 Å². The molecule has 0 radical (unpaired) electrons. The Kier molecular flexibility index (Phi) is 4.96. The molecule has 1 saturated carbocycles. The number of carbonyl (C=O) groups is 1. The average Bonchev–Trinajstić information content (AvgIpc) is 3.19. The lowest BCUT2D eigenvalue weighted by Gasteiger charge is -2.26. The third-order valence-corrected chi connectivity index (χ3v) is 6.78. The van der Waals surface area contributed by atoms with Crippen molar-refractivity contribution in [1.29, 1.82) is 0 Å². The van der Waals surface area contributed by atoms with Crippen LogP contribution in [-0.2, 0) is 10.0 Å². The molecule has 134 valence electrons. The van der Waals surface area contributed by atoms with Crippen molar-refractivity contribution >= 4 is 15.9 Å². The van der Waals surface area contributed by atoms with E-state index in [0.717, 1.165) is 25.7 Å². The first-order valence-electron chi connectivity index (χ1n) is 8.45. The van der Waals surface area contributed by atoms with Gasteiger partial charge in [-0.05, 0) is 32.6 Å². The Morgan fingerprint density at radius 3 is 2.58 bits per heavy atom. The standard InChI is InChI=1S/C16H23FN2O4S/c1-11-15(24(21,22)19-8-4-5-9-19)10-14(23-11)16(20)18-13-7-3-2-6-12(13)17/h10,12-13H,2-9H2,1H3,(H,18,20)/t12-,13-/m1/s1. The summed E-state index contributed by atoms with van der Waals surface area (Å²) in [5.41, 5.74) is 0. The minimum Gasteiger partial charge on any atom is -0.455 e. The number of nitrogens with one attached hydrogen (secondary N) is 1. The SMILES string of the molecule is Cc1oc(C(=O)N[C@@H]2CCCC[C@H]2F)cc1S(=O)(=O)N1CCCC1. The maximum absolute atomic E-state index is 13.9. The number of halogens is 1. The zero-order chi connectivity index (χ0) is 17.3. The van der Waals surface area contributed by atoms with Gasteiger partial charge in [0, 0.05) is 19.2 Å². The van der Waals surface area contributed by atoms with E-state index in [1.807, 2.05) is 0 Å². The first kappa shape index (κ1) is 17.4. The molecule has 1 N–H and O–H groups in total. The second-order valence-corrected chi connectivity index (χ2v) is 8.43. The van der Waals surface area contributed by atoms with Gasteiger partial charge >= 0.3 is 0 Å². The highest BCUT2D eigenvalue weighted by Crippen LogP contribution is 2.27. The number of nitrogens with zero attached hydrogens (tertiary/aromatic N) is 1. The summed E-state index contributed by atoms with van der Waals surface area (Å²) in [7, 11) is -3.64. The van der Waals surface area contributed by atoms with Gasteiger partial charge in [0.2, 0.25) is 10.0 Å². The molecular weight excluding hydrogens is 335 g/mol. The number of carbonyl (C=O) groups excluding carboxylic acids is 1. The van der Waals surface area contributed by atoms with Gasteiger partial charge in [0.1, 0.15) is 16.8 Å². The van der Waals surface area contributed by atoms with Crippen LogP contribution in [-0.4, -0.2) is 43.9 Å². The Morgan fingerprint density at radius 1 is 1.25 bits per heavy atom. The van der Waals surface area contributed by atoms with Crippen LogP contribution in [0, 0.1) is 6.92 Å². The fourth-order valence-corrected chi connectivity index (χ4v) is 5.07. The maximum atomic E-state index is 13.9. The molecule has 1 aromatic rings. The monoisotopic (exact) mass is 358 g/mol. The topological polar surface area (TPSA) is 79.6 Å². The van der Waals surface area contributed by atoms with Crippen LogP contribution in [0.4, 0.5) is 4.39 Å². The van der Waals surface area contributed by atoms with E-state index in [-0.39, 0.29) is 16.4 Å². The second kappa shape index (κ2) is 6.84. The predicted molar refractivity (Wildman–Crippen MR) is 86.1 cm³/mol. The van der Waals surface area contributed by atoms with Crippen molar-refractivity contribution < 1.29 is 22.0 Å². The van der Waals surface area contributed by atoms with E-state index < -0.39 is 28.1 Å². The molecule has 1 aliphatic carbocycles. The summed E-state index contributed by atoms with van der Waals surface area (Å²) in [5.74, 6) is -0.453. The van der Waals surface area contributed by atoms with Gasteiger partial charge in [-0.1, -0.05) is 12.8 Å². The summed E-state index contributed by atoms with van der Waals surface area (Å²) in [6.07, 6.45) is 3.34. The minimum atomic E-state index is -3.64. The molecule has 0 bridgehead atoms. The fourth-order valence-electron chi connectivity index (χ4n) is 3.39. The van der Waals surface area contributed by atoms with Gasteiger partial charge in [-0.2, -0.15) is 4.31 Å². The van der Waals surface area contributed by atoms with E-state index in [4.69, 9.17) is 4.42 Å². The molecule has 1 saturated heterocycles. The smallest absolute Gasteiger partial charge is 0.287 e. The highest BCUT2D eigenvalue weighted by Gasteiger charge is 2.33. The van der Waals surface area contributed by atoms with Gasteiger partial charge in [0.25, 0.3) is 5.91 Å². The molecule has 2 atom stereocenters. The normalized spacial score (nSPS) is 25.8. The summed E-state index contributed by atoms with van der Waals surface area (Å²) in [6, 6.07) is 0.726. The number of sulfonamides is 1. The summed E-state index contributed by atoms with van der Waals surface area (Å²) < 4.78 is 45.8. The number of alkyl halides is 1. The largest absolute Gasteiger partial charge is 0.455 e. The number of aryl methyl sites for hydroxylation is 1. The molecule has 1 aromatic heterocycles. The lowest BCUT2D eigenvalue weighted by Crippen LogP contribution is -2.43. The molecule has 3 rings (SSSR count). The zero-order valence-corrected chi connectivity index (χ0v) is 14.6. The van der Waals surface area contributed by atoms with Crippen molar-refractivity contribution in [2.75, 3.05) is 13.1 Å². The predicted octanol–water partition coefficient (Wildman–Crippen LogP) is 2.38. The first-order chi connectivity index (χ1) is 11.4. The fraction of sp³-hybridized carbons (Fsp3) is 0.688. The van der Waals surface area contributed by atoms with E-state index in [9.17, 15) is 17.6 Å². The van der Waals surface area contributed by atoms with Crippen molar-refractivity contribution in [1.82, 2.24) is 9.62 Å². The maximum Gasteiger partial charge on any atom is 0.287 e. The molecule has 2 heterocycles. The van der Waals surface area contributed by atoms with Crippen LogP contribution in [0.2, 0.25) is 0 Å². The van der Waals surface area contributed by atoms with Crippen LogP contribution < -0.4 is 5.32 Å². The number of hydrogen-bond donors (Lipinski definition) is 1. The van der Waals surface area contributed by atoms with Crippen LogP contribution in [0.5, 0.6) is 0 Å². The minimum absolute atomic E-state index is 0.0231. The van der Waals surface area contributed by atoms with Crippen molar-refractivity contribution in [3.05, 3.63) is 17.6 Å². The molecule has 0 aromatic carbocycles. The van der Waals surface area contributed by atoms with Crippen LogP contribution in [0.1, 0.15) is 54.8 Å². The van der Waals surface area contributed by atoms with Crippen molar-refractivity contribution in [3.8, 4) is 0 Å². The second-order valence-electron chi connectivity index (χ2n) is 6.52. The molecule has 1 aliphatic heterocycles. The Morgan fingerprint density at radius 2 is 1.92 bits per heavy atom. The molecule has 2 aliphatic rings. The summed E-state index contributed by atoms with van der Waals surface area (Å²) in [5, 5.41) is 2.63. The van der Waals surface area contributed by atoms with Gasteiger partial charge in [0.15, 0.2) is 5.76 Å². The number of furan rings is 1. The lowest BCUT2D eigenvalue weighted by atomic mass is 9.93. The molecule has 6 nitrogen and oxygen atoms in total. The van der Waals surface area contributed by atoms with Gasteiger partial charge < -0.3 is 9.73 Å². The average molecular weight is 358 g/mol. The number of rotatable bonds is 4. The van der Waals surface area contributed by atoms with Crippen molar-refractivity contribution in [2.24, 2.45) is 0 Å². The highest BCUT2D eigenvalue weighted by molar-refractivity contribution is 7.89.